The van der Waals surface area contributed by atoms with Crippen molar-refractivity contribution >= 4 is 39.6 Å². The van der Waals surface area contributed by atoms with E-state index in [4.69, 9.17) is 10.5 Å². The van der Waals surface area contributed by atoms with Gasteiger partial charge in [-0.1, -0.05) is 13.3 Å². The van der Waals surface area contributed by atoms with E-state index in [1.165, 1.54) is 3.57 Å². The number of nitrogens with two attached hydrogens (primary N) is 1. The van der Waals surface area contributed by atoms with Gasteiger partial charge in [-0.25, -0.2) is 4.98 Å². The largest absolute Gasteiger partial charge is 0.380 e. The van der Waals surface area contributed by atoms with Gasteiger partial charge in [0.15, 0.2) is 0 Å². The predicted octanol–water partition coefficient (Wildman–Crippen LogP) is 3.04. The normalized spacial score (nSPS) is 11.2. The van der Waals surface area contributed by atoms with Crippen LogP contribution in [0.15, 0.2) is 18.2 Å². The van der Waals surface area contributed by atoms with Crippen molar-refractivity contribution in [2.24, 2.45) is 0 Å². The van der Waals surface area contributed by atoms with Crippen LogP contribution < -0.4 is 5.73 Å². The second-order valence-electron chi connectivity index (χ2n) is 4.22. The van der Waals surface area contributed by atoms with Crippen LogP contribution in [0.3, 0.4) is 0 Å². The standard InChI is InChI=1S/C13H18IN3O/c1-2-3-7-18-8-6-17-12-5-4-10(14)9-11(12)16-13(17)15/h4-5,9H,2-3,6-8H2,1H3,(H2,15,16). The smallest absolute Gasteiger partial charge is 0.201 e. The van der Waals surface area contributed by atoms with Crippen LogP contribution >= 0.6 is 22.6 Å². The molecule has 4 nitrogen and oxygen atoms in total. The van der Waals surface area contributed by atoms with Crippen molar-refractivity contribution in [3.05, 3.63) is 21.8 Å². The highest BCUT2D eigenvalue weighted by molar-refractivity contribution is 14.1. The van der Waals surface area contributed by atoms with Gasteiger partial charge in [0, 0.05) is 16.7 Å². The molecule has 0 radical (unpaired) electrons. The zero-order valence-corrected chi connectivity index (χ0v) is 12.7. The van der Waals surface area contributed by atoms with Crippen molar-refractivity contribution in [1.29, 1.82) is 0 Å². The van der Waals surface area contributed by atoms with Crippen molar-refractivity contribution < 1.29 is 4.74 Å². The zero-order chi connectivity index (χ0) is 13.0. The molecule has 2 rings (SSSR count). The van der Waals surface area contributed by atoms with E-state index in [0.29, 0.717) is 12.6 Å². The molecule has 1 aromatic heterocycles. The molecule has 0 atom stereocenters. The summed E-state index contributed by atoms with van der Waals surface area (Å²) in [5.74, 6) is 0.561. The molecular formula is C13H18IN3O. The topological polar surface area (TPSA) is 53.1 Å². The second-order valence-corrected chi connectivity index (χ2v) is 5.47. The monoisotopic (exact) mass is 359 g/mol. The minimum absolute atomic E-state index is 0.561. The molecule has 0 unspecified atom stereocenters. The number of hydrogen-bond acceptors (Lipinski definition) is 3. The van der Waals surface area contributed by atoms with Crippen LogP contribution in [0, 0.1) is 3.57 Å². The molecule has 0 bridgehead atoms. The third-order valence-electron chi connectivity index (χ3n) is 2.84. The Kier molecular flexibility index (Phi) is 4.82. The third kappa shape index (κ3) is 3.14. The van der Waals surface area contributed by atoms with Crippen LogP contribution in [0.2, 0.25) is 0 Å². The number of anilines is 1. The number of ether oxygens (including phenoxy) is 1. The summed E-state index contributed by atoms with van der Waals surface area (Å²) >= 11 is 2.28. The number of hydrogen-bond donors (Lipinski definition) is 1. The SMILES string of the molecule is CCCCOCCn1c(N)nc2cc(I)ccc21. The molecule has 1 heterocycles. The lowest BCUT2D eigenvalue weighted by atomic mass is 10.3. The fourth-order valence-corrected chi connectivity index (χ4v) is 2.34. The lowest BCUT2D eigenvalue weighted by molar-refractivity contribution is 0.124. The van der Waals surface area contributed by atoms with Crippen molar-refractivity contribution in [2.45, 2.75) is 26.3 Å². The molecule has 0 aliphatic rings. The summed E-state index contributed by atoms with van der Waals surface area (Å²) in [4.78, 5) is 4.37. The predicted molar refractivity (Wildman–Crippen MR) is 82.6 cm³/mol. The number of fused-ring (bicyclic) bond motifs is 1. The van der Waals surface area contributed by atoms with Gasteiger partial charge in [-0.15, -0.1) is 0 Å². The molecule has 2 N–H and O–H groups in total. The summed E-state index contributed by atoms with van der Waals surface area (Å²) in [5.41, 5.74) is 7.97. The van der Waals surface area contributed by atoms with Gasteiger partial charge in [0.2, 0.25) is 5.95 Å². The van der Waals surface area contributed by atoms with E-state index in [2.05, 4.69) is 46.6 Å². The van der Waals surface area contributed by atoms with Gasteiger partial charge in [-0.05, 0) is 47.2 Å². The molecule has 0 aliphatic heterocycles. The molecular weight excluding hydrogens is 341 g/mol. The number of halogens is 1. The van der Waals surface area contributed by atoms with Crippen molar-refractivity contribution in [2.75, 3.05) is 18.9 Å². The summed E-state index contributed by atoms with van der Waals surface area (Å²) < 4.78 is 8.75. The fraction of sp³-hybridized carbons (Fsp3) is 0.462. The van der Waals surface area contributed by atoms with E-state index in [1.807, 2.05) is 10.6 Å². The Morgan fingerprint density at radius 1 is 1.39 bits per heavy atom. The maximum absolute atomic E-state index is 5.94. The van der Waals surface area contributed by atoms with E-state index in [0.717, 1.165) is 37.0 Å². The Morgan fingerprint density at radius 2 is 2.22 bits per heavy atom. The Morgan fingerprint density at radius 3 is 3.00 bits per heavy atom. The van der Waals surface area contributed by atoms with Crippen molar-refractivity contribution in [1.82, 2.24) is 9.55 Å². The van der Waals surface area contributed by atoms with Gasteiger partial charge in [-0.3, -0.25) is 0 Å². The number of benzene rings is 1. The Labute approximate surface area is 121 Å². The van der Waals surface area contributed by atoms with Gasteiger partial charge < -0.3 is 15.0 Å². The molecule has 0 amide bonds. The fourth-order valence-electron chi connectivity index (χ4n) is 1.86. The quantitative estimate of drug-likeness (QED) is 0.637. The van der Waals surface area contributed by atoms with E-state index in [-0.39, 0.29) is 0 Å². The third-order valence-corrected chi connectivity index (χ3v) is 3.51. The van der Waals surface area contributed by atoms with Crippen LogP contribution in [0.4, 0.5) is 5.95 Å². The number of aromatic nitrogens is 2. The molecule has 1 aromatic carbocycles. The molecule has 0 fully saturated rings. The molecule has 18 heavy (non-hydrogen) atoms. The average molecular weight is 359 g/mol. The lowest BCUT2D eigenvalue weighted by Crippen LogP contribution is -2.09. The van der Waals surface area contributed by atoms with Crippen LogP contribution in [0.1, 0.15) is 19.8 Å². The molecule has 0 aliphatic carbocycles. The number of imidazole rings is 1. The number of unbranched alkanes of at least 4 members (excludes halogenated alkanes) is 1. The first kappa shape index (κ1) is 13.6. The Hall–Kier alpha value is -0.820. The first-order chi connectivity index (χ1) is 8.72. The number of nitrogen functional groups attached to an aromatic ring is 1. The zero-order valence-electron chi connectivity index (χ0n) is 10.5. The van der Waals surface area contributed by atoms with Gasteiger partial charge in [0.25, 0.3) is 0 Å². The summed E-state index contributed by atoms with van der Waals surface area (Å²) in [6.07, 6.45) is 2.27. The van der Waals surface area contributed by atoms with E-state index in [9.17, 15) is 0 Å². The second kappa shape index (κ2) is 6.38. The average Bonchev–Trinajstić information content (AvgIpc) is 2.64. The van der Waals surface area contributed by atoms with E-state index in [1.54, 1.807) is 0 Å². The first-order valence-corrected chi connectivity index (χ1v) is 7.29. The molecule has 0 saturated heterocycles. The first-order valence-electron chi connectivity index (χ1n) is 6.21. The molecule has 5 heteroatoms. The van der Waals surface area contributed by atoms with E-state index >= 15 is 0 Å². The summed E-state index contributed by atoms with van der Waals surface area (Å²) in [6.45, 7) is 4.42. The van der Waals surface area contributed by atoms with Crippen molar-refractivity contribution in [3.8, 4) is 0 Å². The minimum Gasteiger partial charge on any atom is -0.380 e. The van der Waals surface area contributed by atoms with Crippen LogP contribution in [0.5, 0.6) is 0 Å². The molecule has 0 saturated carbocycles. The van der Waals surface area contributed by atoms with Gasteiger partial charge in [-0.2, -0.15) is 0 Å². The molecule has 98 valence electrons. The van der Waals surface area contributed by atoms with Crippen LogP contribution in [-0.4, -0.2) is 22.8 Å². The summed E-state index contributed by atoms with van der Waals surface area (Å²) in [6, 6.07) is 6.17. The Balaban J connectivity index is 2.05. The van der Waals surface area contributed by atoms with Crippen molar-refractivity contribution in [3.63, 3.8) is 0 Å². The Bertz CT molecular complexity index is 524. The number of nitrogens with zero attached hydrogens (tertiary/aromatic N) is 2. The maximum atomic E-state index is 5.94. The summed E-state index contributed by atoms with van der Waals surface area (Å²) in [7, 11) is 0. The highest BCUT2D eigenvalue weighted by atomic mass is 127. The van der Waals surface area contributed by atoms with Gasteiger partial charge in [0.1, 0.15) is 0 Å². The maximum Gasteiger partial charge on any atom is 0.201 e. The highest BCUT2D eigenvalue weighted by Crippen LogP contribution is 2.20. The number of rotatable bonds is 6. The lowest BCUT2D eigenvalue weighted by Gasteiger charge is -2.07. The van der Waals surface area contributed by atoms with Gasteiger partial charge >= 0.3 is 0 Å². The van der Waals surface area contributed by atoms with Gasteiger partial charge in [0.05, 0.1) is 17.6 Å². The van der Waals surface area contributed by atoms with Crippen LogP contribution in [-0.2, 0) is 11.3 Å². The highest BCUT2D eigenvalue weighted by Gasteiger charge is 2.07. The minimum atomic E-state index is 0.561. The summed E-state index contributed by atoms with van der Waals surface area (Å²) in [5, 5.41) is 0. The van der Waals surface area contributed by atoms with E-state index < -0.39 is 0 Å². The molecule has 2 aromatic rings. The molecule has 0 spiro atoms. The van der Waals surface area contributed by atoms with Crippen LogP contribution in [0.25, 0.3) is 11.0 Å².